The van der Waals surface area contributed by atoms with E-state index in [4.69, 9.17) is 19.0 Å². The van der Waals surface area contributed by atoms with Crippen molar-refractivity contribution >= 4 is 35.1 Å². The second-order valence-corrected chi connectivity index (χ2v) is 6.49. The number of carbonyl (C=O) groups excluding carboxylic acids is 1. The molecule has 0 atom stereocenters. The van der Waals surface area contributed by atoms with Gasteiger partial charge in [0.15, 0.2) is 12.2 Å². The third-order valence-corrected chi connectivity index (χ3v) is 4.22. The molecule has 1 heterocycles. The van der Waals surface area contributed by atoms with Gasteiger partial charge >= 0.3 is 11.9 Å². The van der Waals surface area contributed by atoms with E-state index in [1.807, 2.05) is 36.2 Å². The first kappa shape index (κ1) is 21.7. The first-order valence-corrected chi connectivity index (χ1v) is 9.40. The number of para-hydroxylation sites is 2. The third-order valence-electron chi connectivity index (χ3n) is 4.22. The normalized spacial score (nSPS) is 11.2. The highest BCUT2D eigenvalue weighted by molar-refractivity contribution is 5.91. The Morgan fingerprint density at radius 2 is 1.90 bits per heavy atom. The molecule has 2 aromatic carbocycles. The maximum atomic E-state index is 11.7. The minimum absolute atomic E-state index is 0.196. The first-order valence-electron chi connectivity index (χ1n) is 9.40. The van der Waals surface area contributed by atoms with Gasteiger partial charge in [-0.3, -0.25) is 0 Å². The van der Waals surface area contributed by atoms with Crippen LogP contribution in [0.4, 0.5) is 6.01 Å². The summed E-state index contributed by atoms with van der Waals surface area (Å²) in [5.41, 5.74) is 2.15. The molecule has 0 aliphatic heterocycles. The number of carbonyl (C=O) groups is 2. The fraction of sp³-hybridized carbons (Fsp3) is 0.227. The van der Waals surface area contributed by atoms with Crippen molar-refractivity contribution < 1.29 is 33.3 Å². The Morgan fingerprint density at radius 3 is 2.58 bits per heavy atom. The lowest BCUT2D eigenvalue weighted by atomic mass is 10.2. The Morgan fingerprint density at radius 1 is 1.16 bits per heavy atom. The van der Waals surface area contributed by atoms with E-state index in [0.717, 1.165) is 11.1 Å². The van der Waals surface area contributed by atoms with Crippen molar-refractivity contribution in [1.82, 2.24) is 4.98 Å². The second-order valence-electron chi connectivity index (χ2n) is 6.49. The largest absolute Gasteiger partial charge is 0.492 e. The molecule has 0 spiro atoms. The Balaban J connectivity index is 1.55. The number of likely N-dealkylation sites (N-methyl/N-ethyl adjacent to an activating group) is 1. The zero-order chi connectivity index (χ0) is 22.2. The predicted octanol–water partition coefficient (Wildman–Crippen LogP) is 2.96. The SMILES string of the molecule is COC(=O)/C(=C/c1ccc(OCCN(C)c2nc3ccccc3o2)cc1)OCC(=O)O. The summed E-state index contributed by atoms with van der Waals surface area (Å²) in [4.78, 5) is 28.7. The fourth-order valence-electron chi connectivity index (χ4n) is 2.63. The minimum Gasteiger partial charge on any atom is -0.492 e. The summed E-state index contributed by atoms with van der Waals surface area (Å²) < 4.78 is 21.0. The number of hydrogen-bond acceptors (Lipinski definition) is 8. The highest BCUT2D eigenvalue weighted by atomic mass is 16.6. The van der Waals surface area contributed by atoms with Crippen molar-refractivity contribution in [1.29, 1.82) is 0 Å². The summed E-state index contributed by atoms with van der Waals surface area (Å²) in [7, 11) is 3.06. The highest BCUT2D eigenvalue weighted by Crippen LogP contribution is 2.21. The zero-order valence-electron chi connectivity index (χ0n) is 17.1. The molecule has 0 fully saturated rings. The monoisotopic (exact) mass is 426 g/mol. The quantitative estimate of drug-likeness (QED) is 0.297. The molecule has 9 heteroatoms. The third kappa shape index (κ3) is 5.99. The average molecular weight is 426 g/mol. The summed E-state index contributed by atoms with van der Waals surface area (Å²) in [5.74, 6) is -1.52. The van der Waals surface area contributed by atoms with Crippen LogP contribution in [0.15, 0.2) is 58.7 Å². The van der Waals surface area contributed by atoms with Crippen LogP contribution in [0.5, 0.6) is 5.75 Å². The van der Waals surface area contributed by atoms with Crippen LogP contribution in [0.1, 0.15) is 5.56 Å². The van der Waals surface area contributed by atoms with Gasteiger partial charge < -0.3 is 28.6 Å². The maximum Gasteiger partial charge on any atom is 0.373 e. The Labute approximate surface area is 178 Å². The lowest BCUT2D eigenvalue weighted by Gasteiger charge is -2.15. The molecule has 1 N–H and O–H groups in total. The highest BCUT2D eigenvalue weighted by Gasteiger charge is 2.13. The van der Waals surface area contributed by atoms with Gasteiger partial charge in [0.2, 0.25) is 5.76 Å². The van der Waals surface area contributed by atoms with Gasteiger partial charge in [-0.15, -0.1) is 0 Å². The lowest BCUT2D eigenvalue weighted by Crippen LogP contribution is -2.23. The summed E-state index contributed by atoms with van der Waals surface area (Å²) in [5, 5.41) is 8.72. The molecular weight excluding hydrogens is 404 g/mol. The van der Waals surface area contributed by atoms with Gasteiger partial charge in [-0.2, -0.15) is 4.98 Å². The van der Waals surface area contributed by atoms with Gasteiger partial charge in [0.1, 0.15) is 17.9 Å². The van der Waals surface area contributed by atoms with E-state index in [1.54, 1.807) is 24.3 Å². The van der Waals surface area contributed by atoms with Gasteiger partial charge in [-0.05, 0) is 35.9 Å². The van der Waals surface area contributed by atoms with Crippen molar-refractivity contribution in [3.63, 3.8) is 0 Å². The van der Waals surface area contributed by atoms with Crippen LogP contribution in [0.2, 0.25) is 0 Å². The molecular formula is C22H22N2O7. The zero-order valence-corrected chi connectivity index (χ0v) is 17.1. The van der Waals surface area contributed by atoms with Crippen molar-refractivity contribution in [2.75, 3.05) is 38.8 Å². The smallest absolute Gasteiger partial charge is 0.373 e. The Bertz CT molecular complexity index is 1040. The van der Waals surface area contributed by atoms with Crippen molar-refractivity contribution in [3.8, 4) is 5.75 Å². The molecule has 162 valence electrons. The molecule has 0 saturated carbocycles. The summed E-state index contributed by atoms with van der Waals surface area (Å²) in [6, 6.07) is 15.0. The van der Waals surface area contributed by atoms with E-state index in [0.29, 0.717) is 30.5 Å². The molecule has 0 saturated heterocycles. The number of anilines is 1. The van der Waals surface area contributed by atoms with Crippen LogP contribution in [-0.4, -0.2) is 55.9 Å². The molecule has 31 heavy (non-hydrogen) atoms. The van der Waals surface area contributed by atoms with Gasteiger partial charge in [0.05, 0.1) is 13.7 Å². The predicted molar refractivity (Wildman–Crippen MR) is 113 cm³/mol. The van der Waals surface area contributed by atoms with Gasteiger partial charge in [0, 0.05) is 7.05 Å². The van der Waals surface area contributed by atoms with E-state index >= 15 is 0 Å². The number of carboxylic acids is 1. The van der Waals surface area contributed by atoms with Gasteiger partial charge in [-0.25, -0.2) is 9.59 Å². The number of benzene rings is 2. The maximum absolute atomic E-state index is 11.7. The van der Waals surface area contributed by atoms with Crippen LogP contribution < -0.4 is 9.64 Å². The number of rotatable bonds is 10. The van der Waals surface area contributed by atoms with Gasteiger partial charge in [0.25, 0.3) is 6.01 Å². The molecule has 9 nitrogen and oxygen atoms in total. The van der Waals surface area contributed by atoms with Crippen molar-refractivity contribution in [2.24, 2.45) is 0 Å². The standard InChI is InChI=1S/C22H22N2O7/c1-24(22-23-17-5-3-4-6-18(17)31-22)11-12-29-16-9-7-15(8-10-16)13-19(21(27)28-2)30-14-20(25)26/h3-10,13H,11-12,14H2,1-2H3,(H,25,26)/b19-13-. The second kappa shape index (κ2) is 10.1. The molecule has 0 bridgehead atoms. The van der Waals surface area contributed by atoms with Crippen LogP contribution in [-0.2, 0) is 19.1 Å². The van der Waals surface area contributed by atoms with Crippen molar-refractivity contribution in [2.45, 2.75) is 0 Å². The number of aromatic nitrogens is 1. The number of oxazole rings is 1. The molecule has 3 aromatic rings. The van der Waals surface area contributed by atoms with Crippen molar-refractivity contribution in [3.05, 3.63) is 59.9 Å². The van der Waals surface area contributed by atoms with Crippen LogP contribution in [0, 0.1) is 0 Å². The number of methoxy groups -OCH3 is 1. The van der Waals surface area contributed by atoms with Crippen LogP contribution in [0.25, 0.3) is 17.2 Å². The molecule has 1 aromatic heterocycles. The number of hydrogen-bond donors (Lipinski definition) is 1. The Hall–Kier alpha value is -4.01. The summed E-state index contributed by atoms with van der Waals surface area (Å²) >= 11 is 0. The number of esters is 1. The molecule has 0 aliphatic rings. The molecule has 3 rings (SSSR count). The number of carboxylic acid groups (broad SMARTS) is 1. The van der Waals surface area contributed by atoms with E-state index in [2.05, 4.69) is 9.72 Å². The number of aliphatic carboxylic acids is 1. The van der Waals surface area contributed by atoms with E-state index in [1.165, 1.54) is 13.2 Å². The average Bonchev–Trinajstić information content (AvgIpc) is 3.21. The van der Waals surface area contributed by atoms with Crippen LogP contribution in [0.3, 0.4) is 0 Å². The van der Waals surface area contributed by atoms with E-state index in [-0.39, 0.29) is 5.76 Å². The molecule has 0 radical (unpaired) electrons. The fourth-order valence-corrected chi connectivity index (χ4v) is 2.63. The van der Waals surface area contributed by atoms with E-state index < -0.39 is 18.5 Å². The Kier molecular flexibility index (Phi) is 7.10. The van der Waals surface area contributed by atoms with Gasteiger partial charge in [-0.1, -0.05) is 24.3 Å². The van der Waals surface area contributed by atoms with Crippen LogP contribution >= 0.6 is 0 Å². The lowest BCUT2D eigenvalue weighted by molar-refractivity contribution is -0.144. The molecule has 0 unspecified atom stereocenters. The molecule has 0 amide bonds. The number of fused-ring (bicyclic) bond motifs is 1. The van der Waals surface area contributed by atoms with E-state index in [9.17, 15) is 9.59 Å². The summed E-state index contributed by atoms with van der Waals surface area (Å²) in [6.07, 6.45) is 1.40. The number of nitrogens with zero attached hydrogens (tertiary/aromatic N) is 2. The first-order chi connectivity index (χ1) is 15.0. The summed E-state index contributed by atoms with van der Waals surface area (Å²) in [6.45, 7) is 0.319. The molecule has 0 aliphatic carbocycles. The topological polar surface area (TPSA) is 111 Å². The number of ether oxygens (including phenoxy) is 3. The minimum atomic E-state index is -1.19.